The van der Waals surface area contributed by atoms with Crippen LogP contribution in [-0.2, 0) is 20.7 Å². The van der Waals surface area contributed by atoms with Crippen LogP contribution in [-0.4, -0.2) is 29.2 Å². The predicted molar refractivity (Wildman–Crippen MR) is 89.1 cm³/mol. The number of carbonyl (C=O) groups is 2. The van der Waals surface area contributed by atoms with Gasteiger partial charge in [0.05, 0.1) is 13.5 Å². The summed E-state index contributed by atoms with van der Waals surface area (Å²) in [5.74, 6) is -0.800. The highest BCUT2D eigenvalue weighted by Gasteiger charge is 2.24. The van der Waals surface area contributed by atoms with Gasteiger partial charge in [-0.15, -0.1) is 0 Å². The zero-order valence-electron chi connectivity index (χ0n) is 13.2. The number of hydrogen-bond donors (Lipinski definition) is 2. The van der Waals surface area contributed by atoms with Gasteiger partial charge in [0.2, 0.25) is 5.91 Å². The number of methoxy groups -OCH3 is 1. The summed E-state index contributed by atoms with van der Waals surface area (Å²) in [4.78, 5) is 24.3. The quantitative estimate of drug-likeness (QED) is 0.705. The lowest BCUT2D eigenvalue weighted by atomic mass is 10.0. The first-order chi connectivity index (χ1) is 11.7. The molecule has 0 bridgehead atoms. The van der Waals surface area contributed by atoms with Crippen LogP contribution in [0.15, 0.2) is 54.7 Å². The van der Waals surface area contributed by atoms with Crippen LogP contribution in [0.4, 0.5) is 0 Å². The van der Waals surface area contributed by atoms with E-state index in [0.717, 1.165) is 10.8 Å². The summed E-state index contributed by atoms with van der Waals surface area (Å²) in [6.07, 6.45) is 1.69. The summed E-state index contributed by atoms with van der Waals surface area (Å²) in [6, 6.07) is 14.3. The maximum atomic E-state index is 12.2. The molecule has 2 N–H and O–H groups in total. The van der Waals surface area contributed by atoms with Crippen molar-refractivity contribution >= 4 is 22.6 Å². The van der Waals surface area contributed by atoms with Crippen LogP contribution in [0.2, 0.25) is 0 Å². The van der Waals surface area contributed by atoms with Gasteiger partial charge in [-0.25, -0.2) is 4.79 Å². The maximum Gasteiger partial charge on any atom is 0.333 e. The molecule has 0 fully saturated rings. The second kappa shape index (κ2) is 6.95. The highest BCUT2D eigenvalue weighted by Crippen LogP contribution is 2.21. The fourth-order valence-electron chi connectivity index (χ4n) is 2.55. The average Bonchev–Trinajstić information content (AvgIpc) is 3.11. The van der Waals surface area contributed by atoms with E-state index >= 15 is 0 Å². The Kier molecular flexibility index (Phi) is 4.56. The molecule has 0 aliphatic heterocycles. The van der Waals surface area contributed by atoms with Crippen LogP contribution in [0.5, 0.6) is 0 Å². The second-order valence-corrected chi connectivity index (χ2v) is 5.39. The van der Waals surface area contributed by atoms with Crippen LogP contribution >= 0.6 is 0 Å². The average molecular weight is 323 g/mol. The lowest BCUT2D eigenvalue weighted by Crippen LogP contribution is -2.35. The minimum Gasteiger partial charge on any atom is -0.467 e. The van der Waals surface area contributed by atoms with Crippen LogP contribution in [0, 0.1) is 0 Å². The molecule has 2 aromatic carbocycles. The highest BCUT2D eigenvalue weighted by atomic mass is 16.5. The van der Waals surface area contributed by atoms with Gasteiger partial charge in [-0.1, -0.05) is 36.4 Å². The molecule has 6 nitrogen and oxygen atoms in total. The van der Waals surface area contributed by atoms with E-state index in [2.05, 4.69) is 15.5 Å². The van der Waals surface area contributed by atoms with Crippen molar-refractivity contribution in [2.45, 2.75) is 12.5 Å². The number of nitrogens with one attached hydrogen (secondary N) is 2. The maximum absolute atomic E-state index is 12.2. The molecule has 3 rings (SSSR count). The Morgan fingerprint density at radius 2 is 1.96 bits per heavy atom. The van der Waals surface area contributed by atoms with Crippen molar-refractivity contribution < 1.29 is 14.3 Å². The van der Waals surface area contributed by atoms with Crippen molar-refractivity contribution in [2.75, 3.05) is 7.11 Å². The van der Waals surface area contributed by atoms with Gasteiger partial charge in [0, 0.05) is 11.9 Å². The third-order valence-corrected chi connectivity index (χ3v) is 3.76. The van der Waals surface area contributed by atoms with Gasteiger partial charge in [-0.3, -0.25) is 9.89 Å². The fraction of sp³-hybridized carbons (Fsp3) is 0.167. The van der Waals surface area contributed by atoms with Gasteiger partial charge >= 0.3 is 5.97 Å². The lowest BCUT2D eigenvalue weighted by molar-refractivity contribution is -0.145. The van der Waals surface area contributed by atoms with Crippen molar-refractivity contribution in [1.82, 2.24) is 15.5 Å². The van der Waals surface area contributed by atoms with Crippen molar-refractivity contribution in [1.29, 1.82) is 0 Å². The number of benzene rings is 2. The molecule has 1 atom stereocenters. The number of H-pyrrole nitrogens is 1. The molecule has 3 aromatic rings. The Morgan fingerprint density at radius 3 is 2.67 bits per heavy atom. The van der Waals surface area contributed by atoms with Crippen LogP contribution < -0.4 is 5.32 Å². The number of carbonyl (C=O) groups excluding carboxylic acids is 2. The zero-order chi connectivity index (χ0) is 16.9. The Hall–Kier alpha value is -3.15. The first kappa shape index (κ1) is 15.7. The van der Waals surface area contributed by atoms with Gasteiger partial charge in [-0.05, 0) is 28.5 Å². The van der Waals surface area contributed by atoms with E-state index in [-0.39, 0.29) is 12.3 Å². The number of ether oxygens (including phenoxy) is 1. The van der Waals surface area contributed by atoms with Crippen LogP contribution in [0.3, 0.4) is 0 Å². The van der Waals surface area contributed by atoms with E-state index in [0.29, 0.717) is 11.3 Å². The molecular weight excluding hydrogens is 306 g/mol. The van der Waals surface area contributed by atoms with E-state index < -0.39 is 12.0 Å². The Bertz CT molecular complexity index is 859. The smallest absolute Gasteiger partial charge is 0.333 e. The van der Waals surface area contributed by atoms with Gasteiger partial charge in [0.25, 0.3) is 0 Å². The minimum absolute atomic E-state index is 0.112. The molecular formula is C18H17N3O3. The molecule has 6 heteroatoms. The predicted octanol–water partition coefficient (Wildman–Crippen LogP) is 2.14. The largest absolute Gasteiger partial charge is 0.467 e. The summed E-state index contributed by atoms with van der Waals surface area (Å²) in [5.41, 5.74) is 1.35. The van der Waals surface area contributed by atoms with Gasteiger partial charge < -0.3 is 10.1 Å². The van der Waals surface area contributed by atoms with E-state index in [1.54, 1.807) is 12.3 Å². The Balaban J connectivity index is 1.84. The SMILES string of the molecule is COC(=O)C(NC(=O)Cc1ccn[nH]1)c1ccc2ccccc2c1. The summed E-state index contributed by atoms with van der Waals surface area (Å²) in [6.45, 7) is 0. The van der Waals surface area contributed by atoms with Crippen LogP contribution in [0.1, 0.15) is 17.3 Å². The number of aromatic amines is 1. The first-order valence-electron chi connectivity index (χ1n) is 7.51. The Morgan fingerprint density at radius 1 is 1.17 bits per heavy atom. The Labute approximate surface area is 138 Å². The van der Waals surface area contributed by atoms with Crippen molar-refractivity contribution in [3.8, 4) is 0 Å². The second-order valence-electron chi connectivity index (χ2n) is 5.39. The summed E-state index contributed by atoms with van der Waals surface area (Å²) in [5, 5.41) is 11.3. The normalized spacial score (nSPS) is 11.9. The van der Waals surface area contributed by atoms with Gasteiger partial charge in [-0.2, -0.15) is 5.10 Å². The third kappa shape index (κ3) is 3.43. The number of aromatic nitrogens is 2. The van der Waals surface area contributed by atoms with Crippen molar-refractivity contribution in [3.05, 3.63) is 66.0 Å². The molecule has 1 aromatic heterocycles. The topological polar surface area (TPSA) is 84.1 Å². The number of fused-ring (bicyclic) bond motifs is 1. The minimum atomic E-state index is -0.852. The van der Waals surface area contributed by atoms with Crippen molar-refractivity contribution in [3.63, 3.8) is 0 Å². The van der Waals surface area contributed by atoms with E-state index in [4.69, 9.17) is 4.74 Å². The van der Waals surface area contributed by atoms with E-state index in [1.165, 1.54) is 7.11 Å². The van der Waals surface area contributed by atoms with Gasteiger partial charge in [0.15, 0.2) is 6.04 Å². The van der Waals surface area contributed by atoms with Crippen molar-refractivity contribution in [2.24, 2.45) is 0 Å². The lowest BCUT2D eigenvalue weighted by Gasteiger charge is -2.17. The van der Waals surface area contributed by atoms with Gasteiger partial charge in [0.1, 0.15) is 0 Å². The number of rotatable bonds is 5. The summed E-state index contributed by atoms with van der Waals surface area (Å²) >= 11 is 0. The molecule has 0 saturated heterocycles. The molecule has 1 amide bonds. The fourth-order valence-corrected chi connectivity index (χ4v) is 2.55. The number of nitrogens with zero attached hydrogens (tertiary/aromatic N) is 1. The first-order valence-corrected chi connectivity index (χ1v) is 7.51. The highest BCUT2D eigenvalue weighted by molar-refractivity contribution is 5.89. The summed E-state index contributed by atoms with van der Waals surface area (Å²) < 4.78 is 4.84. The van der Waals surface area contributed by atoms with E-state index in [1.807, 2.05) is 42.5 Å². The molecule has 0 radical (unpaired) electrons. The molecule has 0 aliphatic rings. The third-order valence-electron chi connectivity index (χ3n) is 3.76. The molecule has 1 unspecified atom stereocenters. The molecule has 0 saturated carbocycles. The molecule has 24 heavy (non-hydrogen) atoms. The standard InChI is InChI=1S/C18H17N3O3/c1-24-18(23)17(20-16(22)11-15-8-9-19-21-15)14-7-6-12-4-2-3-5-13(12)10-14/h2-10,17H,11H2,1H3,(H,19,21)(H,20,22). The number of hydrogen-bond acceptors (Lipinski definition) is 4. The molecule has 1 heterocycles. The van der Waals surface area contributed by atoms with Crippen LogP contribution in [0.25, 0.3) is 10.8 Å². The number of amides is 1. The number of esters is 1. The molecule has 122 valence electrons. The molecule has 0 aliphatic carbocycles. The van der Waals surface area contributed by atoms with E-state index in [9.17, 15) is 9.59 Å². The summed E-state index contributed by atoms with van der Waals surface area (Å²) in [7, 11) is 1.30. The molecule has 0 spiro atoms. The zero-order valence-corrected chi connectivity index (χ0v) is 13.2. The monoisotopic (exact) mass is 323 g/mol.